The summed E-state index contributed by atoms with van der Waals surface area (Å²) in [6.07, 6.45) is 0. The molecule has 0 amide bonds. The topological polar surface area (TPSA) is 38.7 Å². The van der Waals surface area contributed by atoms with Crippen LogP contribution in [0.15, 0.2) is 28.7 Å². The van der Waals surface area contributed by atoms with Crippen LogP contribution < -0.4 is 0 Å². The molecule has 1 aromatic carbocycles. The zero-order chi connectivity index (χ0) is 15.8. The minimum atomic E-state index is -2.61. The predicted octanol–water partition coefficient (Wildman–Crippen LogP) is 2.92. The molecule has 0 saturated carbocycles. The molecule has 3 nitrogen and oxygen atoms in total. The van der Waals surface area contributed by atoms with E-state index in [9.17, 15) is 0 Å². The average molecular weight is 270 g/mol. The first-order chi connectivity index (χ1) is 9.57. The summed E-state index contributed by atoms with van der Waals surface area (Å²) in [5.74, 6) is -1.04. The molecule has 0 bridgehead atoms. The van der Waals surface area contributed by atoms with Gasteiger partial charge in [-0.25, -0.2) is 15.0 Å². The van der Waals surface area contributed by atoms with Crippen LogP contribution in [-0.4, -0.2) is 15.0 Å². The Labute approximate surface area is 105 Å². The summed E-state index contributed by atoms with van der Waals surface area (Å²) in [7, 11) is 0. The molecule has 0 fully saturated rings. The Morgan fingerprint density at radius 3 is 2.47 bits per heavy atom. The maximum Gasteiger partial charge on any atom is 0.163 e. The predicted molar refractivity (Wildman–Crippen MR) is 62.4 cm³/mol. The van der Waals surface area contributed by atoms with Gasteiger partial charge in [-0.3, -0.25) is 0 Å². The van der Waals surface area contributed by atoms with E-state index in [1.54, 1.807) is 24.3 Å². The second kappa shape index (κ2) is 4.06. The second-order valence-electron chi connectivity index (χ2n) is 2.82. The highest BCUT2D eigenvalue weighted by Gasteiger charge is 2.03. The van der Waals surface area contributed by atoms with Crippen molar-refractivity contribution in [1.29, 1.82) is 0 Å². The highest BCUT2D eigenvalue weighted by Crippen LogP contribution is 2.19. The molecule has 0 atom stereocenters. The van der Waals surface area contributed by atoms with Crippen molar-refractivity contribution in [2.24, 2.45) is 0 Å². The van der Waals surface area contributed by atoms with Crippen LogP contribution in [-0.2, 0) is 0 Å². The molecule has 0 aliphatic rings. The van der Waals surface area contributed by atoms with Crippen molar-refractivity contribution in [3.8, 4) is 11.4 Å². The van der Waals surface area contributed by atoms with Gasteiger partial charge >= 0.3 is 0 Å². The van der Waals surface area contributed by atoms with Gasteiger partial charge in [0.2, 0.25) is 0 Å². The van der Waals surface area contributed by atoms with Crippen LogP contribution in [0.2, 0.25) is 0 Å². The lowest BCUT2D eigenvalue weighted by Gasteiger charge is -2.02. The number of benzene rings is 1. The molecular weight excluding hydrogens is 254 g/mol. The molecule has 2 rings (SSSR count). The van der Waals surface area contributed by atoms with Crippen molar-refractivity contribution in [1.82, 2.24) is 15.0 Å². The van der Waals surface area contributed by atoms with E-state index in [0.717, 1.165) is 4.47 Å². The van der Waals surface area contributed by atoms with Crippen molar-refractivity contribution >= 4 is 15.9 Å². The van der Waals surface area contributed by atoms with Gasteiger partial charge in [0.15, 0.2) is 5.82 Å². The molecular formula is C11H10BrN3. The van der Waals surface area contributed by atoms with Gasteiger partial charge in [0.05, 0.1) is 0 Å². The lowest BCUT2D eigenvalue weighted by Crippen LogP contribution is -1.98. The summed E-state index contributed by atoms with van der Waals surface area (Å²) in [4.78, 5) is 11.3. The molecule has 76 valence electrons. The van der Waals surface area contributed by atoms with Crippen LogP contribution >= 0.6 is 15.9 Å². The fourth-order valence-electron chi connectivity index (χ4n) is 1.13. The van der Waals surface area contributed by atoms with Crippen LogP contribution in [0.4, 0.5) is 0 Å². The summed E-state index contributed by atoms with van der Waals surface area (Å²) in [5.41, 5.74) is 0.503. The van der Waals surface area contributed by atoms with Crippen molar-refractivity contribution in [3.05, 3.63) is 40.4 Å². The van der Waals surface area contributed by atoms with Crippen LogP contribution in [0.1, 0.15) is 19.9 Å². The van der Waals surface area contributed by atoms with Crippen LogP contribution in [0, 0.1) is 13.7 Å². The molecule has 4 heteroatoms. The molecule has 0 N–H and O–H groups in total. The summed E-state index contributed by atoms with van der Waals surface area (Å²) >= 11 is 3.28. The molecule has 0 aliphatic heterocycles. The van der Waals surface area contributed by atoms with E-state index in [0.29, 0.717) is 5.56 Å². The smallest absolute Gasteiger partial charge is 0.163 e. The lowest BCUT2D eigenvalue weighted by atomic mass is 10.2. The Hall–Kier alpha value is -1.29. The van der Waals surface area contributed by atoms with Crippen molar-refractivity contribution in [3.63, 3.8) is 0 Å². The van der Waals surface area contributed by atoms with Crippen molar-refractivity contribution in [2.75, 3.05) is 0 Å². The van der Waals surface area contributed by atoms with E-state index in [1.807, 2.05) is 0 Å². The van der Waals surface area contributed by atoms with E-state index in [4.69, 9.17) is 8.22 Å². The minimum Gasteiger partial charge on any atom is -0.219 e. The molecule has 0 aliphatic carbocycles. The average Bonchev–Trinajstić information content (AvgIpc) is 2.36. The molecule has 15 heavy (non-hydrogen) atoms. The third kappa shape index (κ3) is 2.39. The van der Waals surface area contributed by atoms with Crippen LogP contribution in [0.25, 0.3) is 11.4 Å². The SMILES string of the molecule is [2H]C([2H])([2H])c1nc(-c2cccc(Br)c2)nc(C([2H])([2H])[2H])n1. The Morgan fingerprint density at radius 1 is 1.13 bits per heavy atom. The first-order valence-corrected chi connectivity index (χ1v) is 4.89. The van der Waals surface area contributed by atoms with Crippen molar-refractivity contribution < 1.29 is 8.22 Å². The van der Waals surface area contributed by atoms with Crippen LogP contribution in [0.3, 0.4) is 0 Å². The quantitative estimate of drug-likeness (QED) is 0.799. The van der Waals surface area contributed by atoms with E-state index in [2.05, 4.69) is 30.9 Å². The molecule has 0 unspecified atom stereocenters. The fourth-order valence-corrected chi connectivity index (χ4v) is 1.53. The monoisotopic (exact) mass is 269 g/mol. The maximum absolute atomic E-state index is 7.36. The van der Waals surface area contributed by atoms with Gasteiger partial charge in [-0.05, 0) is 25.8 Å². The van der Waals surface area contributed by atoms with Gasteiger partial charge in [-0.15, -0.1) is 0 Å². The Kier molecular flexibility index (Phi) is 1.40. The molecule has 0 saturated heterocycles. The zero-order valence-electron chi connectivity index (χ0n) is 13.5. The first kappa shape index (κ1) is 5.16. The molecule has 0 radical (unpaired) electrons. The van der Waals surface area contributed by atoms with Gasteiger partial charge in [0.25, 0.3) is 0 Å². The molecule has 2 aromatic rings. The standard InChI is InChI=1S/C11H10BrN3/c1-7-13-8(2)15-11(14-7)9-4-3-5-10(12)6-9/h3-6H,1-2H3/i1D3,2D3. The van der Waals surface area contributed by atoms with Gasteiger partial charge in [0.1, 0.15) is 11.6 Å². The fraction of sp³-hybridized carbons (Fsp3) is 0.182. The number of hydrogen-bond donors (Lipinski definition) is 0. The zero-order valence-corrected chi connectivity index (χ0v) is 9.12. The number of aryl methyl sites for hydroxylation is 2. The van der Waals surface area contributed by atoms with Gasteiger partial charge in [-0.1, -0.05) is 28.1 Å². The highest BCUT2D eigenvalue weighted by atomic mass is 79.9. The molecule has 0 spiro atoms. The maximum atomic E-state index is 7.36. The van der Waals surface area contributed by atoms with Crippen LogP contribution in [0.5, 0.6) is 0 Å². The second-order valence-corrected chi connectivity index (χ2v) is 3.73. The summed E-state index contributed by atoms with van der Waals surface area (Å²) in [5, 5.41) is 0. The Bertz CT molecular complexity index is 635. The summed E-state index contributed by atoms with van der Waals surface area (Å²) in [6.45, 7) is -5.21. The third-order valence-electron chi connectivity index (χ3n) is 1.72. The van der Waals surface area contributed by atoms with E-state index in [1.165, 1.54) is 0 Å². The van der Waals surface area contributed by atoms with Gasteiger partial charge in [-0.2, -0.15) is 0 Å². The number of nitrogens with zero attached hydrogens (tertiary/aromatic N) is 3. The minimum absolute atomic E-state index is 0.0172. The Morgan fingerprint density at radius 2 is 1.87 bits per heavy atom. The number of aromatic nitrogens is 3. The number of hydrogen-bond acceptors (Lipinski definition) is 3. The number of halogens is 1. The van der Waals surface area contributed by atoms with Gasteiger partial charge in [0, 0.05) is 18.3 Å². The first-order valence-electron chi connectivity index (χ1n) is 7.10. The van der Waals surface area contributed by atoms with Gasteiger partial charge < -0.3 is 0 Å². The van der Waals surface area contributed by atoms with E-state index >= 15 is 0 Å². The Balaban J connectivity index is 2.66. The lowest BCUT2D eigenvalue weighted by molar-refractivity contribution is 0.928. The summed E-state index contributed by atoms with van der Waals surface area (Å²) < 4.78 is 44.9. The van der Waals surface area contributed by atoms with E-state index in [-0.39, 0.29) is 5.82 Å². The highest BCUT2D eigenvalue weighted by molar-refractivity contribution is 9.10. The third-order valence-corrected chi connectivity index (χ3v) is 2.21. The summed E-state index contributed by atoms with van der Waals surface area (Å²) in [6, 6.07) is 6.82. The van der Waals surface area contributed by atoms with Crippen molar-refractivity contribution in [2.45, 2.75) is 13.7 Å². The number of rotatable bonds is 1. The normalized spacial score (nSPS) is 17.9. The van der Waals surface area contributed by atoms with E-state index < -0.39 is 25.4 Å². The largest absolute Gasteiger partial charge is 0.219 e. The molecule has 1 aromatic heterocycles. The molecule has 1 heterocycles.